The van der Waals surface area contributed by atoms with E-state index in [2.05, 4.69) is 17.1 Å². The van der Waals surface area contributed by atoms with Crippen LogP contribution in [0.25, 0.3) is 11.1 Å². The van der Waals surface area contributed by atoms with E-state index in [0.29, 0.717) is 5.56 Å². The number of carboxylic acid groups (broad SMARTS) is 1. The van der Waals surface area contributed by atoms with Gasteiger partial charge >= 0.3 is 12.1 Å². The lowest BCUT2D eigenvalue weighted by molar-refractivity contribution is -0.143. The Balaban J connectivity index is 1.58. The van der Waals surface area contributed by atoms with E-state index in [-0.39, 0.29) is 19.1 Å². The van der Waals surface area contributed by atoms with Gasteiger partial charge in [0.2, 0.25) is 0 Å². The molecule has 0 saturated heterocycles. The van der Waals surface area contributed by atoms with Crippen molar-refractivity contribution in [3.8, 4) is 11.1 Å². The summed E-state index contributed by atoms with van der Waals surface area (Å²) in [6.45, 7) is 3.88. The molecule has 6 nitrogen and oxygen atoms in total. The Morgan fingerprint density at radius 1 is 1.06 bits per heavy atom. The largest absolute Gasteiger partial charge is 0.479 e. The Morgan fingerprint density at radius 2 is 1.68 bits per heavy atom. The number of aryl methyl sites for hydroxylation is 1. The molecule has 1 unspecified atom stereocenters. The molecule has 0 spiro atoms. The van der Waals surface area contributed by atoms with Gasteiger partial charge in [0, 0.05) is 30.4 Å². The van der Waals surface area contributed by atoms with E-state index in [1.54, 1.807) is 26.1 Å². The maximum absolute atomic E-state index is 13.0. The Labute approximate surface area is 181 Å². The molecule has 31 heavy (non-hydrogen) atoms. The summed E-state index contributed by atoms with van der Waals surface area (Å²) in [5, 5.41) is 9.86. The third-order valence-electron chi connectivity index (χ3n) is 5.83. The van der Waals surface area contributed by atoms with Crippen LogP contribution in [0.5, 0.6) is 0 Å². The van der Waals surface area contributed by atoms with Crippen LogP contribution in [-0.4, -0.2) is 40.2 Å². The highest BCUT2D eigenvalue weighted by molar-refractivity contribution is 5.82. The van der Waals surface area contributed by atoms with Gasteiger partial charge in [0.1, 0.15) is 6.61 Å². The van der Waals surface area contributed by atoms with Gasteiger partial charge in [0.15, 0.2) is 6.04 Å². The van der Waals surface area contributed by atoms with Crippen molar-refractivity contribution >= 4 is 12.1 Å². The fourth-order valence-electron chi connectivity index (χ4n) is 4.29. The van der Waals surface area contributed by atoms with Crippen LogP contribution in [0, 0.1) is 6.92 Å². The van der Waals surface area contributed by atoms with E-state index in [0.717, 1.165) is 27.8 Å². The van der Waals surface area contributed by atoms with Crippen LogP contribution >= 0.6 is 0 Å². The molecule has 3 aromatic rings. The van der Waals surface area contributed by atoms with Gasteiger partial charge in [-0.25, -0.2) is 9.59 Å². The summed E-state index contributed by atoms with van der Waals surface area (Å²) in [6.07, 6.45) is 2.44. The number of aromatic nitrogens is 1. The molecule has 1 heterocycles. The molecule has 0 radical (unpaired) electrons. The van der Waals surface area contributed by atoms with Crippen LogP contribution in [-0.2, 0) is 9.53 Å². The monoisotopic (exact) mass is 416 g/mol. The van der Waals surface area contributed by atoms with Crippen LogP contribution in [0.3, 0.4) is 0 Å². The number of likely N-dealkylation sites (N-methyl/N-ethyl adjacent to an activating group) is 1. The predicted octanol–water partition coefficient (Wildman–Crippen LogP) is 4.79. The number of carbonyl (C=O) groups is 2. The van der Waals surface area contributed by atoms with E-state index in [1.165, 1.54) is 11.1 Å². The molecular formula is C25H24N2O4. The normalized spacial score (nSPS) is 13.2. The van der Waals surface area contributed by atoms with Gasteiger partial charge in [0.05, 0.1) is 0 Å². The van der Waals surface area contributed by atoms with Crippen molar-refractivity contribution in [1.29, 1.82) is 0 Å². The first-order valence-electron chi connectivity index (χ1n) is 10.3. The molecule has 6 heteroatoms. The topological polar surface area (TPSA) is 79.7 Å². The van der Waals surface area contributed by atoms with Gasteiger partial charge in [-0.15, -0.1) is 0 Å². The van der Waals surface area contributed by atoms with Gasteiger partial charge in [0.25, 0.3) is 0 Å². The molecule has 1 aliphatic rings. The number of nitrogens with zero attached hydrogens (tertiary/aromatic N) is 2. The fraction of sp³-hybridized carbons (Fsp3) is 0.240. The number of ether oxygens (including phenoxy) is 1. The quantitative estimate of drug-likeness (QED) is 0.625. The standard InChI is InChI=1S/C25H24N2O4/c1-3-27(23(24(28)29)21-14-26-13-12-16(21)2)25(30)31-15-22-19-10-6-4-8-17(19)18-9-5-7-11-20(18)22/h4-14,22-23H,3,15H2,1-2H3,(H,28,29). The number of carboxylic acids is 1. The van der Waals surface area contributed by atoms with Crippen LogP contribution in [0.1, 0.15) is 41.1 Å². The minimum atomic E-state index is -1.16. The van der Waals surface area contributed by atoms with E-state index in [4.69, 9.17) is 4.74 Å². The lowest BCUT2D eigenvalue weighted by Gasteiger charge is -2.28. The Bertz CT molecular complexity index is 1080. The van der Waals surface area contributed by atoms with Gasteiger partial charge in [-0.05, 0) is 47.7 Å². The maximum Gasteiger partial charge on any atom is 0.410 e. The number of hydrogen-bond acceptors (Lipinski definition) is 4. The zero-order chi connectivity index (χ0) is 22.0. The Morgan fingerprint density at radius 3 is 2.23 bits per heavy atom. The lowest BCUT2D eigenvalue weighted by Crippen LogP contribution is -2.40. The number of fused-ring (bicyclic) bond motifs is 3. The first-order chi connectivity index (χ1) is 15.0. The van der Waals surface area contributed by atoms with Crippen LogP contribution in [0.4, 0.5) is 4.79 Å². The van der Waals surface area contributed by atoms with Crippen molar-refractivity contribution in [2.75, 3.05) is 13.2 Å². The van der Waals surface area contributed by atoms with Crippen molar-refractivity contribution in [2.24, 2.45) is 0 Å². The molecule has 1 aliphatic carbocycles. The fourth-order valence-corrected chi connectivity index (χ4v) is 4.29. The minimum Gasteiger partial charge on any atom is -0.479 e. The summed E-state index contributed by atoms with van der Waals surface area (Å²) < 4.78 is 5.69. The summed E-state index contributed by atoms with van der Waals surface area (Å²) in [6, 6.07) is 16.8. The summed E-state index contributed by atoms with van der Waals surface area (Å²) in [5.41, 5.74) is 5.73. The molecule has 1 aromatic heterocycles. The number of hydrogen-bond donors (Lipinski definition) is 1. The molecule has 1 atom stereocenters. The second kappa shape index (κ2) is 8.60. The van der Waals surface area contributed by atoms with Gasteiger partial charge in [-0.1, -0.05) is 48.5 Å². The zero-order valence-corrected chi connectivity index (χ0v) is 17.5. The molecule has 1 amide bonds. The first kappa shape index (κ1) is 20.6. The van der Waals surface area contributed by atoms with Gasteiger partial charge in [-0.3, -0.25) is 9.88 Å². The van der Waals surface area contributed by atoms with E-state index < -0.39 is 18.1 Å². The first-order valence-corrected chi connectivity index (χ1v) is 10.3. The van der Waals surface area contributed by atoms with E-state index in [1.807, 2.05) is 36.4 Å². The SMILES string of the molecule is CCN(C(=O)OCC1c2ccccc2-c2ccccc21)C(C(=O)O)c1cnccc1C. The van der Waals surface area contributed by atoms with Gasteiger partial charge < -0.3 is 9.84 Å². The van der Waals surface area contributed by atoms with Crippen LogP contribution < -0.4 is 0 Å². The number of carbonyl (C=O) groups excluding carboxylic acids is 1. The molecule has 2 aromatic carbocycles. The number of rotatable bonds is 6. The lowest BCUT2D eigenvalue weighted by atomic mass is 9.98. The Hall–Kier alpha value is -3.67. The third-order valence-corrected chi connectivity index (χ3v) is 5.83. The summed E-state index contributed by atoms with van der Waals surface area (Å²) in [4.78, 5) is 30.3. The number of benzene rings is 2. The molecule has 0 bridgehead atoms. The molecule has 0 aliphatic heterocycles. The Kier molecular flexibility index (Phi) is 5.71. The predicted molar refractivity (Wildman–Crippen MR) is 117 cm³/mol. The number of aliphatic carboxylic acids is 1. The van der Waals surface area contributed by atoms with Crippen LogP contribution in [0.2, 0.25) is 0 Å². The smallest absolute Gasteiger partial charge is 0.410 e. The minimum absolute atomic E-state index is 0.0848. The molecule has 158 valence electrons. The average molecular weight is 416 g/mol. The van der Waals surface area contributed by atoms with Crippen molar-refractivity contribution in [3.63, 3.8) is 0 Å². The van der Waals surface area contributed by atoms with Crippen molar-refractivity contribution in [3.05, 3.63) is 89.2 Å². The zero-order valence-electron chi connectivity index (χ0n) is 17.5. The van der Waals surface area contributed by atoms with Crippen molar-refractivity contribution in [2.45, 2.75) is 25.8 Å². The highest BCUT2D eigenvalue weighted by atomic mass is 16.6. The second-order valence-electron chi connectivity index (χ2n) is 7.56. The molecule has 1 N–H and O–H groups in total. The summed E-state index contributed by atoms with van der Waals surface area (Å²) >= 11 is 0. The van der Waals surface area contributed by atoms with Gasteiger partial charge in [-0.2, -0.15) is 0 Å². The molecular weight excluding hydrogens is 392 g/mol. The summed E-state index contributed by atoms with van der Waals surface area (Å²) in [5.74, 6) is -1.20. The number of pyridine rings is 1. The molecule has 4 rings (SSSR count). The maximum atomic E-state index is 13.0. The molecule has 0 saturated carbocycles. The average Bonchev–Trinajstić information content (AvgIpc) is 3.10. The third kappa shape index (κ3) is 3.77. The highest BCUT2D eigenvalue weighted by Gasteiger charge is 2.34. The highest BCUT2D eigenvalue weighted by Crippen LogP contribution is 2.44. The second-order valence-corrected chi connectivity index (χ2v) is 7.56. The summed E-state index contributed by atoms with van der Waals surface area (Å²) in [7, 11) is 0. The van der Waals surface area contributed by atoms with Crippen LogP contribution in [0.15, 0.2) is 67.0 Å². The van der Waals surface area contributed by atoms with Crippen molar-refractivity contribution in [1.82, 2.24) is 9.88 Å². The van der Waals surface area contributed by atoms with Crippen molar-refractivity contribution < 1.29 is 19.4 Å². The van der Waals surface area contributed by atoms with E-state index >= 15 is 0 Å². The number of amides is 1. The molecule has 0 fully saturated rings. The van der Waals surface area contributed by atoms with E-state index in [9.17, 15) is 14.7 Å².